The molecule has 0 bridgehead atoms. The molecule has 1 unspecified atom stereocenters. The van der Waals surface area contributed by atoms with Gasteiger partial charge in [0.05, 0.1) is 11.1 Å². The first-order chi connectivity index (χ1) is 10.8. The first-order valence-corrected chi connectivity index (χ1v) is 8.39. The van der Waals surface area contributed by atoms with E-state index >= 15 is 0 Å². The summed E-state index contributed by atoms with van der Waals surface area (Å²) in [7, 11) is 0. The lowest BCUT2D eigenvalue weighted by molar-refractivity contribution is 0.0900. The third-order valence-corrected chi connectivity index (χ3v) is 4.46. The molecule has 2 rings (SSSR count). The number of halogens is 1. The van der Waals surface area contributed by atoms with Crippen LogP contribution in [0.15, 0.2) is 33.5 Å². The standard InChI is InChI=1S/C17H22BrN3O2/c1-10(2)8-17(3,9-19)21-16(23)12-7-14(22)20-15-11(12)5-4-6-13(15)18/h4-7,10H,8-9,19H2,1-3H3,(H,20,22)(H,21,23). The number of benzene rings is 1. The Morgan fingerprint density at radius 2 is 2.13 bits per heavy atom. The summed E-state index contributed by atoms with van der Waals surface area (Å²) in [6.07, 6.45) is 0.764. The van der Waals surface area contributed by atoms with Crippen LogP contribution in [0.3, 0.4) is 0 Å². The van der Waals surface area contributed by atoms with Gasteiger partial charge in [-0.25, -0.2) is 0 Å². The molecule has 0 radical (unpaired) electrons. The maximum Gasteiger partial charge on any atom is 0.252 e. The van der Waals surface area contributed by atoms with Crippen LogP contribution in [0.4, 0.5) is 0 Å². The van der Waals surface area contributed by atoms with Crippen LogP contribution >= 0.6 is 15.9 Å². The van der Waals surface area contributed by atoms with Crippen molar-refractivity contribution in [2.45, 2.75) is 32.7 Å². The van der Waals surface area contributed by atoms with Crippen LogP contribution in [-0.4, -0.2) is 23.0 Å². The van der Waals surface area contributed by atoms with Gasteiger partial charge < -0.3 is 16.0 Å². The van der Waals surface area contributed by atoms with Gasteiger partial charge in [-0.05, 0) is 41.3 Å². The Hall–Kier alpha value is -1.66. The van der Waals surface area contributed by atoms with Crippen molar-refractivity contribution in [1.29, 1.82) is 0 Å². The fraction of sp³-hybridized carbons (Fsp3) is 0.412. The summed E-state index contributed by atoms with van der Waals surface area (Å²) in [6.45, 7) is 6.43. The van der Waals surface area contributed by atoms with E-state index in [-0.39, 0.29) is 11.5 Å². The van der Waals surface area contributed by atoms with Crippen molar-refractivity contribution >= 4 is 32.7 Å². The van der Waals surface area contributed by atoms with Crippen LogP contribution in [-0.2, 0) is 0 Å². The number of carbonyl (C=O) groups excluding carboxylic acids is 1. The minimum absolute atomic E-state index is 0.284. The molecule has 4 N–H and O–H groups in total. The molecule has 5 nitrogen and oxygen atoms in total. The quantitative estimate of drug-likeness (QED) is 0.745. The van der Waals surface area contributed by atoms with Crippen molar-refractivity contribution in [2.75, 3.05) is 6.54 Å². The summed E-state index contributed by atoms with van der Waals surface area (Å²) in [4.78, 5) is 27.4. The number of hydrogen-bond donors (Lipinski definition) is 3. The Balaban J connectivity index is 2.46. The Labute approximate surface area is 143 Å². The van der Waals surface area contributed by atoms with Crippen LogP contribution in [0.2, 0.25) is 0 Å². The van der Waals surface area contributed by atoms with E-state index in [1.165, 1.54) is 6.07 Å². The molecule has 2 aromatic rings. The molecule has 0 aliphatic carbocycles. The number of rotatable bonds is 5. The second kappa shape index (κ2) is 6.84. The number of nitrogens with two attached hydrogens (primary N) is 1. The van der Waals surface area contributed by atoms with Crippen LogP contribution in [0.1, 0.15) is 37.6 Å². The van der Waals surface area contributed by atoms with Crippen LogP contribution < -0.4 is 16.6 Å². The highest BCUT2D eigenvalue weighted by atomic mass is 79.9. The molecule has 6 heteroatoms. The minimum Gasteiger partial charge on any atom is -0.346 e. The van der Waals surface area contributed by atoms with E-state index < -0.39 is 5.54 Å². The number of fused-ring (bicyclic) bond motifs is 1. The van der Waals surface area contributed by atoms with Crippen molar-refractivity contribution < 1.29 is 4.79 Å². The zero-order valence-electron chi connectivity index (χ0n) is 13.6. The smallest absolute Gasteiger partial charge is 0.252 e. The van der Waals surface area contributed by atoms with Crippen LogP contribution in [0, 0.1) is 5.92 Å². The van der Waals surface area contributed by atoms with E-state index in [2.05, 4.69) is 40.1 Å². The monoisotopic (exact) mass is 379 g/mol. The summed E-state index contributed by atoms with van der Waals surface area (Å²) in [6, 6.07) is 6.80. The average Bonchev–Trinajstić information content (AvgIpc) is 2.46. The lowest BCUT2D eigenvalue weighted by atomic mass is 9.90. The van der Waals surface area contributed by atoms with Crippen LogP contribution in [0.25, 0.3) is 10.9 Å². The molecular formula is C17H22BrN3O2. The van der Waals surface area contributed by atoms with E-state index in [4.69, 9.17) is 5.73 Å². The van der Waals surface area contributed by atoms with Gasteiger partial charge in [-0.1, -0.05) is 26.0 Å². The number of carbonyl (C=O) groups is 1. The predicted molar refractivity (Wildman–Crippen MR) is 96.6 cm³/mol. The maximum atomic E-state index is 12.7. The van der Waals surface area contributed by atoms with Crippen molar-refractivity contribution in [2.24, 2.45) is 11.7 Å². The summed E-state index contributed by atoms with van der Waals surface area (Å²) in [5.41, 5.74) is 6.01. The van der Waals surface area contributed by atoms with E-state index in [0.717, 1.165) is 10.9 Å². The summed E-state index contributed by atoms with van der Waals surface area (Å²) in [5, 5.41) is 3.69. The number of amides is 1. The summed E-state index contributed by atoms with van der Waals surface area (Å²) in [5.74, 6) is 0.113. The Bertz CT molecular complexity index is 785. The summed E-state index contributed by atoms with van der Waals surface area (Å²) < 4.78 is 0.741. The molecule has 0 fully saturated rings. The Morgan fingerprint density at radius 3 is 2.74 bits per heavy atom. The molecule has 0 aliphatic rings. The fourth-order valence-corrected chi connectivity index (χ4v) is 3.32. The van der Waals surface area contributed by atoms with Gasteiger partial charge in [0.15, 0.2) is 0 Å². The average molecular weight is 380 g/mol. The first kappa shape index (κ1) is 17.7. The van der Waals surface area contributed by atoms with Crippen molar-refractivity contribution in [1.82, 2.24) is 10.3 Å². The lowest BCUT2D eigenvalue weighted by Gasteiger charge is -2.31. The number of pyridine rings is 1. The molecule has 1 heterocycles. The van der Waals surface area contributed by atoms with E-state index in [1.807, 2.05) is 25.1 Å². The van der Waals surface area contributed by atoms with Crippen molar-refractivity contribution in [3.05, 3.63) is 44.7 Å². The number of nitrogens with one attached hydrogen (secondary N) is 2. The SMILES string of the molecule is CC(C)CC(C)(CN)NC(=O)c1cc(=O)[nH]c2c(Br)cccc12. The highest BCUT2D eigenvalue weighted by Crippen LogP contribution is 2.24. The number of hydrogen-bond acceptors (Lipinski definition) is 3. The van der Waals surface area contributed by atoms with Crippen molar-refractivity contribution in [3.63, 3.8) is 0 Å². The number of para-hydroxylation sites is 1. The highest BCUT2D eigenvalue weighted by molar-refractivity contribution is 9.10. The van der Waals surface area contributed by atoms with E-state index in [0.29, 0.717) is 28.9 Å². The molecule has 1 amide bonds. The van der Waals surface area contributed by atoms with Gasteiger partial charge in [-0.3, -0.25) is 9.59 Å². The molecule has 1 aromatic heterocycles. The van der Waals surface area contributed by atoms with Crippen LogP contribution in [0.5, 0.6) is 0 Å². The Morgan fingerprint density at radius 1 is 1.43 bits per heavy atom. The predicted octanol–water partition coefficient (Wildman–Crippen LogP) is 2.78. The molecule has 1 aromatic carbocycles. The molecular weight excluding hydrogens is 358 g/mol. The molecule has 23 heavy (non-hydrogen) atoms. The van der Waals surface area contributed by atoms with E-state index in [9.17, 15) is 9.59 Å². The lowest BCUT2D eigenvalue weighted by Crippen LogP contribution is -2.52. The normalized spacial score (nSPS) is 14.0. The second-order valence-corrected chi connectivity index (χ2v) is 7.38. The van der Waals surface area contributed by atoms with Crippen molar-refractivity contribution in [3.8, 4) is 0 Å². The Kier molecular flexibility index (Phi) is 5.26. The third kappa shape index (κ3) is 4.00. The van der Waals surface area contributed by atoms with Gasteiger partial charge in [0.1, 0.15) is 0 Å². The highest BCUT2D eigenvalue weighted by Gasteiger charge is 2.27. The second-order valence-electron chi connectivity index (χ2n) is 6.53. The molecule has 0 saturated heterocycles. The zero-order valence-corrected chi connectivity index (χ0v) is 15.2. The molecule has 124 valence electrons. The summed E-state index contributed by atoms with van der Waals surface area (Å²) >= 11 is 3.40. The number of H-pyrrole nitrogens is 1. The molecule has 0 aliphatic heterocycles. The van der Waals surface area contributed by atoms with Gasteiger partial charge in [0, 0.05) is 28.0 Å². The third-order valence-electron chi connectivity index (χ3n) is 3.80. The van der Waals surface area contributed by atoms with Gasteiger partial charge >= 0.3 is 0 Å². The topological polar surface area (TPSA) is 88.0 Å². The van der Waals surface area contributed by atoms with Gasteiger partial charge in [-0.2, -0.15) is 0 Å². The van der Waals surface area contributed by atoms with Gasteiger partial charge in [0.2, 0.25) is 5.56 Å². The fourth-order valence-electron chi connectivity index (χ4n) is 2.86. The maximum absolute atomic E-state index is 12.7. The van der Waals surface area contributed by atoms with E-state index in [1.54, 1.807) is 0 Å². The zero-order chi connectivity index (χ0) is 17.2. The number of aromatic nitrogens is 1. The molecule has 0 spiro atoms. The van der Waals surface area contributed by atoms with Gasteiger partial charge in [0.25, 0.3) is 5.91 Å². The molecule has 0 saturated carbocycles. The number of aromatic amines is 1. The van der Waals surface area contributed by atoms with Gasteiger partial charge in [-0.15, -0.1) is 0 Å². The minimum atomic E-state index is -0.508. The largest absolute Gasteiger partial charge is 0.346 e. The molecule has 1 atom stereocenters. The first-order valence-electron chi connectivity index (χ1n) is 7.60.